The van der Waals surface area contributed by atoms with Crippen LogP contribution < -0.4 is 10.6 Å². The van der Waals surface area contributed by atoms with Crippen molar-refractivity contribution in [2.75, 3.05) is 17.7 Å². The van der Waals surface area contributed by atoms with Gasteiger partial charge in [0.05, 0.1) is 11.6 Å². The Labute approximate surface area is 122 Å². The highest BCUT2D eigenvalue weighted by molar-refractivity contribution is 5.94. The van der Waals surface area contributed by atoms with E-state index >= 15 is 0 Å². The summed E-state index contributed by atoms with van der Waals surface area (Å²) in [6, 6.07) is 15.1. The van der Waals surface area contributed by atoms with Gasteiger partial charge in [0.1, 0.15) is 17.5 Å². The lowest BCUT2D eigenvalue weighted by Crippen LogP contribution is -2.13. The lowest BCUT2D eigenvalue weighted by atomic mass is 10.1. The van der Waals surface area contributed by atoms with E-state index in [0.29, 0.717) is 17.2 Å². The molecule has 2 N–H and O–H groups in total. The summed E-state index contributed by atoms with van der Waals surface area (Å²) in [6.45, 7) is 0. The Bertz CT molecular complexity index is 851. The Morgan fingerprint density at radius 1 is 1.19 bits per heavy atom. The Hall–Kier alpha value is -3.13. The number of anilines is 3. The van der Waals surface area contributed by atoms with E-state index in [-0.39, 0.29) is 0 Å². The Balaban J connectivity index is 2.17. The molecule has 3 aromatic rings. The number of nitriles is 1. The maximum Gasteiger partial charge on any atom is 0.141 e. The quantitative estimate of drug-likeness (QED) is 0.778. The minimum atomic E-state index is 0.456. The maximum absolute atomic E-state index is 9.07. The van der Waals surface area contributed by atoms with Gasteiger partial charge in [0.2, 0.25) is 0 Å². The van der Waals surface area contributed by atoms with E-state index in [1.54, 1.807) is 18.3 Å². The number of nitrogens with zero attached hydrogens (tertiary/aromatic N) is 4. The zero-order valence-corrected chi connectivity index (χ0v) is 11.5. The average Bonchev–Trinajstić information content (AvgIpc) is 2.53. The summed E-state index contributed by atoms with van der Waals surface area (Å²) < 4.78 is 0. The highest BCUT2D eigenvalue weighted by Gasteiger charge is 2.11. The summed E-state index contributed by atoms with van der Waals surface area (Å²) in [4.78, 5) is 10.6. The first-order chi connectivity index (χ1) is 10.2. The van der Waals surface area contributed by atoms with Crippen LogP contribution in [0.4, 0.5) is 17.5 Å². The van der Waals surface area contributed by atoms with Gasteiger partial charge in [-0.15, -0.1) is 0 Å². The van der Waals surface area contributed by atoms with E-state index in [9.17, 15) is 0 Å². The highest BCUT2D eigenvalue weighted by Crippen LogP contribution is 2.28. The Morgan fingerprint density at radius 2 is 2.05 bits per heavy atom. The highest BCUT2D eigenvalue weighted by atomic mass is 15.2. The topological polar surface area (TPSA) is 78.8 Å². The number of pyridine rings is 2. The maximum atomic E-state index is 9.07. The van der Waals surface area contributed by atoms with Gasteiger partial charge in [-0.1, -0.05) is 12.1 Å². The van der Waals surface area contributed by atoms with Crippen LogP contribution in [-0.2, 0) is 0 Å². The smallest absolute Gasteiger partial charge is 0.141 e. The summed E-state index contributed by atoms with van der Waals surface area (Å²) in [6.07, 6.45) is 1.74. The number of hydrogen-bond donors (Lipinski definition) is 1. The van der Waals surface area contributed by atoms with E-state index in [0.717, 1.165) is 16.6 Å². The van der Waals surface area contributed by atoms with E-state index in [2.05, 4.69) is 16.0 Å². The van der Waals surface area contributed by atoms with Crippen molar-refractivity contribution in [2.45, 2.75) is 0 Å². The van der Waals surface area contributed by atoms with Crippen LogP contribution in [0.2, 0.25) is 0 Å². The third kappa shape index (κ3) is 2.35. The molecule has 21 heavy (non-hydrogen) atoms. The van der Waals surface area contributed by atoms with Gasteiger partial charge < -0.3 is 10.6 Å². The second-order valence-corrected chi connectivity index (χ2v) is 4.66. The molecule has 3 rings (SSSR count). The number of aromatic nitrogens is 2. The normalized spacial score (nSPS) is 10.3. The lowest BCUT2D eigenvalue weighted by molar-refractivity contribution is 1.09. The molecule has 0 atom stereocenters. The molecule has 5 heteroatoms. The zero-order chi connectivity index (χ0) is 14.8. The molecular formula is C16H13N5. The molecule has 0 radical (unpaired) electrons. The van der Waals surface area contributed by atoms with Gasteiger partial charge >= 0.3 is 0 Å². The first-order valence-corrected chi connectivity index (χ1v) is 6.44. The number of rotatable bonds is 2. The van der Waals surface area contributed by atoms with Crippen LogP contribution in [0, 0.1) is 11.3 Å². The summed E-state index contributed by atoms with van der Waals surface area (Å²) >= 11 is 0. The SMILES string of the molecule is CN(c1cccc(N)n1)c1nccc2ccc(C#N)cc12. The summed E-state index contributed by atoms with van der Waals surface area (Å²) in [5, 5.41) is 11.0. The summed E-state index contributed by atoms with van der Waals surface area (Å²) in [5.74, 6) is 1.90. The standard InChI is InChI=1S/C16H13N5/c1-21(15-4-2-3-14(18)20-15)16-13-9-11(10-17)5-6-12(13)7-8-19-16/h2-9H,1H3,(H2,18,20). The first-order valence-electron chi connectivity index (χ1n) is 6.44. The number of nitrogens with two attached hydrogens (primary N) is 1. The molecule has 0 amide bonds. The summed E-state index contributed by atoms with van der Waals surface area (Å²) in [7, 11) is 1.88. The fourth-order valence-corrected chi connectivity index (χ4v) is 2.22. The average molecular weight is 275 g/mol. The van der Waals surface area contributed by atoms with Crippen molar-refractivity contribution in [3.05, 3.63) is 54.2 Å². The zero-order valence-electron chi connectivity index (χ0n) is 11.5. The first kappa shape index (κ1) is 12.9. The van der Waals surface area contributed by atoms with Gasteiger partial charge in [-0.2, -0.15) is 5.26 Å². The molecule has 0 aliphatic carbocycles. The fourth-order valence-electron chi connectivity index (χ4n) is 2.22. The molecule has 0 unspecified atom stereocenters. The van der Waals surface area contributed by atoms with Gasteiger partial charge in [-0.3, -0.25) is 0 Å². The molecular weight excluding hydrogens is 262 g/mol. The summed E-state index contributed by atoms with van der Waals surface area (Å²) in [5.41, 5.74) is 6.33. The van der Waals surface area contributed by atoms with Crippen LogP contribution in [0.1, 0.15) is 5.56 Å². The van der Waals surface area contributed by atoms with Crippen LogP contribution in [0.3, 0.4) is 0 Å². The van der Waals surface area contributed by atoms with Gasteiger partial charge in [-0.05, 0) is 35.7 Å². The third-order valence-electron chi connectivity index (χ3n) is 3.29. The Morgan fingerprint density at radius 3 is 2.81 bits per heavy atom. The number of fused-ring (bicyclic) bond motifs is 1. The van der Waals surface area contributed by atoms with Crippen molar-refractivity contribution in [1.82, 2.24) is 9.97 Å². The van der Waals surface area contributed by atoms with E-state index in [1.807, 2.05) is 42.3 Å². The van der Waals surface area contributed by atoms with Crippen LogP contribution in [0.25, 0.3) is 10.8 Å². The Kier molecular flexibility index (Phi) is 3.13. The van der Waals surface area contributed by atoms with E-state index in [1.165, 1.54) is 0 Å². The van der Waals surface area contributed by atoms with Crippen LogP contribution in [-0.4, -0.2) is 17.0 Å². The van der Waals surface area contributed by atoms with Crippen molar-refractivity contribution in [2.24, 2.45) is 0 Å². The van der Waals surface area contributed by atoms with Gasteiger partial charge in [0.25, 0.3) is 0 Å². The number of hydrogen-bond acceptors (Lipinski definition) is 5. The van der Waals surface area contributed by atoms with Gasteiger partial charge in [-0.25, -0.2) is 9.97 Å². The van der Waals surface area contributed by atoms with Crippen LogP contribution in [0.15, 0.2) is 48.7 Å². The minimum Gasteiger partial charge on any atom is -0.384 e. The molecule has 0 saturated carbocycles. The second-order valence-electron chi connectivity index (χ2n) is 4.66. The second kappa shape index (κ2) is 5.10. The molecule has 0 bridgehead atoms. The van der Waals surface area contributed by atoms with E-state index in [4.69, 9.17) is 11.0 Å². The van der Waals surface area contributed by atoms with Gasteiger partial charge in [0, 0.05) is 18.6 Å². The monoisotopic (exact) mass is 275 g/mol. The minimum absolute atomic E-state index is 0.456. The van der Waals surface area contributed by atoms with Crippen molar-refractivity contribution in [1.29, 1.82) is 5.26 Å². The molecule has 102 valence electrons. The predicted octanol–water partition coefficient (Wildman–Crippen LogP) is 2.85. The fraction of sp³-hybridized carbons (Fsp3) is 0.0625. The van der Waals surface area contributed by atoms with Crippen molar-refractivity contribution >= 4 is 28.2 Å². The third-order valence-corrected chi connectivity index (χ3v) is 3.29. The molecule has 5 nitrogen and oxygen atoms in total. The molecule has 0 aliphatic heterocycles. The molecule has 2 heterocycles. The van der Waals surface area contributed by atoms with E-state index < -0.39 is 0 Å². The van der Waals surface area contributed by atoms with Crippen LogP contribution in [0.5, 0.6) is 0 Å². The number of nitrogen functional groups attached to an aromatic ring is 1. The largest absolute Gasteiger partial charge is 0.384 e. The van der Waals surface area contributed by atoms with Crippen molar-refractivity contribution < 1.29 is 0 Å². The molecule has 0 fully saturated rings. The van der Waals surface area contributed by atoms with Crippen LogP contribution >= 0.6 is 0 Å². The lowest BCUT2D eigenvalue weighted by Gasteiger charge is -2.19. The number of benzene rings is 1. The molecule has 1 aromatic carbocycles. The predicted molar refractivity (Wildman–Crippen MR) is 83.2 cm³/mol. The van der Waals surface area contributed by atoms with Gasteiger partial charge in [0.15, 0.2) is 0 Å². The van der Waals surface area contributed by atoms with Crippen molar-refractivity contribution in [3.63, 3.8) is 0 Å². The molecule has 0 aliphatic rings. The molecule has 0 spiro atoms. The molecule has 2 aromatic heterocycles. The molecule has 0 saturated heterocycles. The van der Waals surface area contributed by atoms with Crippen molar-refractivity contribution in [3.8, 4) is 6.07 Å².